The highest BCUT2D eigenvalue weighted by atomic mass is 14.1. The highest BCUT2D eigenvalue weighted by molar-refractivity contribution is 5.32. The molecule has 0 heteroatoms. The third kappa shape index (κ3) is 11.8. The van der Waals surface area contributed by atoms with E-state index < -0.39 is 0 Å². The van der Waals surface area contributed by atoms with Gasteiger partial charge < -0.3 is 0 Å². The molecule has 149 valence electrons. The van der Waals surface area contributed by atoms with Gasteiger partial charge in [0.1, 0.15) is 0 Å². The molecular formula is C26H45. The lowest BCUT2D eigenvalue weighted by Crippen LogP contribution is -1.94. The fraction of sp³-hybridized carbons (Fsp3) is 0.769. The largest absolute Gasteiger partial charge is 0.0654 e. The van der Waals surface area contributed by atoms with Gasteiger partial charge in [-0.05, 0) is 49.4 Å². The Morgan fingerprint density at radius 1 is 0.538 bits per heavy atom. The second-order valence-corrected chi connectivity index (χ2v) is 8.35. The average molecular weight is 358 g/mol. The van der Waals surface area contributed by atoms with Crippen LogP contribution in [0.5, 0.6) is 0 Å². The molecular weight excluding hydrogens is 312 g/mol. The molecule has 0 saturated carbocycles. The molecule has 1 rings (SSSR count). The third-order valence-corrected chi connectivity index (χ3v) is 5.83. The predicted molar refractivity (Wildman–Crippen MR) is 118 cm³/mol. The summed E-state index contributed by atoms with van der Waals surface area (Å²) in [5.41, 5.74) is 4.41. The number of unbranched alkanes of at least 4 members (excludes halogenated alkanes) is 15. The van der Waals surface area contributed by atoms with E-state index in [1.165, 1.54) is 120 Å². The van der Waals surface area contributed by atoms with Crippen molar-refractivity contribution >= 4 is 0 Å². The first-order valence-corrected chi connectivity index (χ1v) is 11.7. The summed E-state index contributed by atoms with van der Waals surface area (Å²) in [6.45, 7) is 6.75. The van der Waals surface area contributed by atoms with Crippen LogP contribution in [-0.2, 0) is 6.42 Å². The minimum Gasteiger partial charge on any atom is -0.0654 e. The zero-order valence-corrected chi connectivity index (χ0v) is 18.2. The first-order chi connectivity index (χ1) is 12.8. The summed E-state index contributed by atoms with van der Waals surface area (Å²) in [4.78, 5) is 0. The van der Waals surface area contributed by atoms with Crippen molar-refractivity contribution in [2.75, 3.05) is 0 Å². The quantitative estimate of drug-likeness (QED) is 0.244. The molecule has 0 spiro atoms. The van der Waals surface area contributed by atoms with Crippen molar-refractivity contribution in [2.45, 2.75) is 130 Å². The summed E-state index contributed by atoms with van der Waals surface area (Å²) in [5.74, 6) is 0. The van der Waals surface area contributed by atoms with Crippen LogP contribution in [0.3, 0.4) is 0 Å². The molecule has 0 aliphatic carbocycles. The Labute approximate surface area is 165 Å². The van der Waals surface area contributed by atoms with E-state index in [4.69, 9.17) is 0 Å². The van der Waals surface area contributed by atoms with Crippen molar-refractivity contribution in [1.29, 1.82) is 0 Å². The number of hydrogen-bond acceptors (Lipinski definition) is 0. The Bertz CT molecular complexity index is 411. The Hall–Kier alpha value is -0.780. The lowest BCUT2D eigenvalue weighted by atomic mass is 9.97. The van der Waals surface area contributed by atoms with Gasteiger partial charge >= 0.3 is 0 Å². The van der Waals surface area contributed by atoms with Crippen LogP contribution >= 0.6 is 0 Å². The van der Waals surface area contributed by atoms with E-state index in [1.807, 2.05) is 0 Å². The first-order valence-electron chi connectivity index (χ1n) is 11.7. The van der Waals surface area contributed by atoms with Crippen LogP contribution in [0.4, 0.5) is 0 Å². The van der Waals surface area contributed by atoms with Crippen LogP contribution in [0.2, 0.25) is 0 Å². The summed E-state index contributed by atoms with van der Waals surface area (Å²) >= 11 is 0. The minimum atomic E-state index is 1.25. The van der Waals surface area contributed by atoms with Gasteiger partial charge in [-0.3, -0.25) is 0 Å². The zero-order chi connectivity index (χ0) is 18.9. The predicted octanol–water partition coefficient (Wildman–Crippen LogP) is 8.91. The lowest BCUT2D eigenvalue weighted by molar-refractivity contribution is 0.529. The van der Waals surface area contributed by atoms with Crippen molar-refractivity contribution in [3.63, 3.8) is 0 Å². The first kappa shape index (κ1) is 23.3. The van der Waals surface area contributed by atoms with Gasteiger partial charge in [-0.2, -0.15) is 0 Å². The SMILES string of the molecule is CCCCCCCCCCCCCCCCCCc1c(C)c[c]cc1C. The van der Waals surface area contributed by atoms with E-state index in [9.17, 15) is 0 Å². The second-order valence-electron chi connectivity index (χ2n) is 8.35. The van der Waals surface area contributed by atoms with Crippen LogP contribution in [0.25, 0.3) is 0 Å². The molecule has 26 heavy (non-hydrogen) atoms. The van der Waals surface area contributed by atoms with Gasteiger partial charge in [0, 0.05) is 0 Å². The summed E-state index contributed by atoms with van der Waals surface area (Å²) in [6, 6.07) is 7.49. The monoisotopic (exact) mass is 357 g/mol. The van der Waals surface area contributed by atoms with E-state index in [0.29, 0.717) is 0 Å². The molecule has 0 fully saturated rings. The van der Waals surface area contributed by atoms with Gasteiger partial charge in [0.2, 0.25) is 0 Å². The van der Waals surface area contributed by atoms with E-state index in [2.05, 4.69) is 39.0 Å². The Morgan fingerprint density at radius 3 is 1.27 bits per heavy atom. The average Bonchev–Trinajstić information content (AvgIpc) is 2.63. The number of rotatable bonds is 17. The molecule has 0 aliphatic heterocycles. The maximum Gasteiger partial charge on any atom is -0.0178 e. The van der Waals surface area contributed by atoms with Gasteiger partial charge in [0.05, 0.1) is 0 Å². The number of hydrogen-bond donors (Lipinski definition) is 0. The van der Waals surface area contributed by atoms with Crippen molar-refractivity contribution in [2.24, 2.45) is 0 Å². The molecule has 0 N–H and O–H groups in total. The highest BCUT2D eigenvalue weighted by Gasteiger charge is 2.01. The van der Waals surface area contributed by atoms with Crippen molar-refractivity contribution in [1.82, 2.24) is 0 Å². The van der Waals surface area contributed by atoms with Crippen LogP contribution in [0.15, 0.2) is 12.1 Å². The van der Waals surface area contributed by atoms with Crippen molar-refractivity contribution in [3.8, 4) is 0 Å². The summed E-state index contributed by atoms with van der Waals surface area (Å²) < 4.78 is 0. The molecule has 0 nitrogen and oxygen atoms in total. The minimum absolute atomic E-state index is 1.25. The molecule has 1 aromatic carbocycles. The molecule has 0 unspecified atom stereocenters. The van der Waals surface area contributed by atoms with Gasteiger partial charge in [-0.25, -0.2) is 0 Å². The molecule has 0 heterocycles. The molecule has 0 aliphatic rings. The molecule has 0 saturated heterocycles. The van der Waals surface area contributed by atoms with E-state index in [1.54, 1.807) is 5.56 Å². The lowest BCUT2D eigenvalue weighted by Gasteiger charge is -2.09. The molecule has 1 radical (unpaired) electrons. The van der Waals surface area contributed by atoms with E-state index >= 15 is 0 Å². The molecule has 1 aromatic rings. The fourth-order valence-electron chi connectivity index (χ4n) is 4.02. The Balaban J connectivity index is 1.81. The van der Waals surface area contributed by atoms with Crippen LogP contribution in [-0.4, -0.2) is 0 Å². The summed E-state index contributed by atoms with van der Waals surface area (Å²) in [5, 5.41) is 0. The van der Waals surface area contributed by atoms with Crippen molar-refractivity contribution < 1.29 is 0 Å². The standard InChI is InChI=1S/C26H45/c1-4-5-6-7-8-9-10-11-12-13-14-15-16-17-18-19-23-26-24(2)21-20-22-25(26)3/h21-22H,4-19,23H2,1-3H3. The van der Waals surface area contributed by atoms with Gasteiger partial charge in [0.15, 0.2) is 0 Å². The fourth-order valence-corrected chi connectivity index (χ4v) is 4.02. The number of benzene rings is 1. The smallest absolute Gasteiger partial charge is 0.0178 e. The molecule has 0 amide bonds. The highest BCUT2D eigenvalue weighted by Crippen LogP contribution is 2.18. The second kappa shape index (κ2) is 16.4. The maximum atomic E-state index is 3.23. The Morgan fingerprint density at radius 2 is 0.885 bits per heavy atom. The van der Waals surface area contributed by atoms with Crippen LogP contribution < -0.4 is 0 Å². The van der Waals surface area contributed by atoms with E-state index in [-0.39, 0.29) is 0 Å². The summed E-state index contributed by atoms with van der Waals surface area (Å²) in [7, 11) is 0. The van der Waals surface area contributed by atoms with Crippen molar-refractivity contribution in [3.05, 3.63) is 34.9 Å². The zero-order valence-electron chi connectivity index (χ0n) is 18.2. The van der Waals surface area contributed by atoms with Crippen LogP contribution in [0, 0.1) is 19.9 Å². The van der Waals surface area contributed by atoms with E-state index in [0.717, 1.165) is 0 Å². The van der Waals surface area contributed by atoms with Gasteiger partial charge in [0.25, 0.3) is 0 Å². The summed E-state index contributed by atoms with van der Waals surface area (Å²) in [6.07, 6.45) is 24.3. The van der Waals surface area contributed by atoms with Crippen LogP contribution in [0.1, 0.15) is 126 Å². The van der Waals surface area contributed by atoms with Gasteiger partial charge in [-0.1, -0.05) is 115 Å². The maximum absolute atomic E-state index is 3.23. The third-order valence-electron chi connectivity index (χ3n) is 5.83. The normalized spacial score (nSPS) is 11.2. The van der Waals surface area contributed by atoms with Gasteiger partial charge in [-0.15, -0.1) is 0 Å². The topological polar surface area (TPSA) is 0 Å². The molecule has 0 atom stereocenters. The molecule has 0 bridgehead atoms. The number of aryl methyl sites for hydroxylation is 2. The Kier molecular flexibility index (Phi) is 14.7. The molecule has 0 aromatic heterocycles.